The first-order chi connectivity index (χ1) is 11.7. The van der Waals surface area contributed by atoms with E-state index in [1.165, 1.54) is 16.7 Å². The molecule has 1 aromatic carbocycles. The maximum Gasteiger partial charge on any atom is 0.263 e. The predicted molar refractivity (Wildman–Crippen MR) is 96.8 cm³/mol. The predicted octanol–water partition coefficient (Wildman–Crippen LogP) is 2.17. The molecule has 0 bridgehead atoms. The zero-order chi connectivity index (χ0) is 18.6. The zero-order valence-corrected chi connectivity index (χ0v) is 15.6. The Morgan fingerprint density at radius 1 is 1.08 bits per heavy atom. The summed E-state index contributed by atoms with van der Waals surface area (Å²) in [6.07, 6.45) is 1.62. The maximum atomic E-state index is 12.8. The van der Waals surface area contributed by atoms with Crippen LogP contribution in [0.4, 0.5) is 0 Å². The Bertz CT molecular complexity index is 928. The highest BCUT2D eigenvalue weighted by Gasteiger charge is 2.18. The van der Waals surface area contributed by atoms with E-state index in [-0.39, 0.29) is 28.4 Å². The normalized spacial score (nSPS) is 12.8. The third-order valence-electron chi connectivity index (χ3n) is 3.23. The Morgan fingerprint density at radius 2 is 1.80 bits per heavy atom. The van der Waals surface area contributed by atoms with Gasteiger partial charge >= 0.3 is 0 Å². The summed E-state index contributed by atoms with van der Waals surface area (Å²) in [5.74, 6) is -0.332. The highest BCUT2D eigenvalue weighted by Crippen LogP contribution is 2.13. The van der Waals surface area contributed by atoms with Gasteiger partial charge in [0.15, 0.2) is 0 Å². The van der Waals surface area contributed by atoms with Crippen LogP contribution in [0.5, 0.6) is 0 Å². The second-order valence-electron chi connectivity index (χ2n) is 6.26. The van der Waals surface area contributed by atoms with Gasteiger partial charge in [0.25, 0.3) is 5.91 Å². The second kappa shape index (κ2) is 7.76. The SMILES string of the molecule is CC(C)N=c1ccccn1C(=O)c1cccc(S(=O)(=O)NC(C)C)c1. The first kappa shape index (κ1) is 19.1. The smallest absolute Gasteiger partial charge is 0.263 e. The van der Waals surface area contributed by atoms with Gasteiger partial charge in [0, 0.05) is 23.8 Å². The van der Waals surface area contributed by atoms with Crippen molar-refractivity contribution < 1.29 is 13.2 Å². The minimum atomic E-state index is -3.66. The molecule has 0 fully saturated rings. The fraction of sp³-hybridized carbons (Fsp3) is 0.333. The molecule has 134 valence electrons. The maximum absolute atomic E-state index is 12.8. The van der Waals surface area contributed by atoms with E-state index in [0.717, 1.165) is 0 Å². The van der Waals surface area contributed by atoms with Crippen molar-refractivity contribution >= 4 is 15.9 Å². The number of hydrogen-bond donors (Lipinski definition) is 1. The third kappa shape index (κ3) is 4.87. The van der Waals surface area contributed by atoms with Crippen LogP contribution < -0.4 is 10.2 Å². The summed E-state index contributed by atoms with van der Waals surface area (Å²) in [5, 5.41) is 0. The van der Waals surface area contributed by atoms with Crippen molar-refractivity contribution in [1.82, 2.24) is 9.29 Å². The standard InChI is InChI=1S/C18H23N3O3S/c1-13(2)19-17-10-5-6-11-21(17)18(22)15-8-7-9-16(12-15)25(23,24)20-14(3)4/h5-14,20H,1-4H3. The molecule has 25 heavy (non-hydrogen) atoms. The van der Waals surface area contributed by atoms with Gasteiger partial charge < -0.3 is 0 Å². The van der Waals surface area contributed by atoms with Crippen molar-refractivity contribution in [2.24, 2.45) is 4.99 Å². The van der Waals surface area contributed by atoms with Gasteiger partial charge in [0.2, 0.25) is 10.0 Å². The zero-order valence-electron chi connectivity index (χ0n) is 14.8. The molecule has 0 saturated carbocycles. The van der Waals surface area contributed by atoms with E-state index in [0.29, 0.717) is 5.49 Å². The molecule has 0 aliphatic heterocycles. The molecule has 2 aromatic rings. The number of rotatable bonds is 5. The molecular weight excluding hydrogens is 338 g/mol. The fourth-order valence-corrected chi connectivity index (χ4v) is 3.59. The first-order valence-electron chi connectivity index (χ1n) is 8.09. The van der Waals surface area contributed by atoms with Gasteiger partial charge in [-0.25, -0.2) is 13.1 Å². The Morgan fingerprint density at radius 3 is 2.44 bits per heavy atom. The number of nitrogens with zero attached hydrogens (tertiary/aromatic N) is 2. The van der Waals surface area contributed by atoms with E-state index in [1.807, 2.05) is 13.8 Å². The number of benzene rings is 1. The third-order valence-corrected chi connectivity index (χ3v) is 4.89. The second-order valence-corrected chi connectivity index (χ2v) is 7.97. The summed E-state index contributed by atoms with van der Waals surface area (Å²) in [6.45, 7) is 7.33. The van der Waals surface area contributed by atoms with Crippen LogP contribution in [0.25, 0.3) is 0 Å². The summed E-state index contributed by atoms with van der Waals surface area (Å²) >= 11 is 0. The number of hydrogen-bond acceptors (Lipinski definition) is 4. The molecule has 0 unspecified atom stereocenters. The minimum Gasteiger partial charge on any atom is -0.268 e. The molecule has 1 aromatic heterocycles. The lowest BCUT2D eigenvalue weighted by molar-refractivity contribution is 0.0954. The summed E-state index contributed by atoms with van der Waals surface area (Å²) in [5.41, 5.74) is 0.805. The minimum absolute atomic E-state index is 0.0309. The Hall–Kier alpha value is -2.25. The van der Waals surface area contributed by atoms with Crippen LogP contribution in [-0.4, -0.2) is 31.0 Å². The quantitative estimate of drug-likeness (QED) is 0.886. The van der Waals surface area contributed by atoms with E-state index < -0.39 is 10.0 Å². The van der Waals surface area contributed by atoms with Crippen LogP contribution in [0, 0.1) is 0 Å². The number of nitrogens with one attached hydrogen (secondary N) is 1. The van der Waals surface area contributed by atoms with Gasteiger partial charge in [-0.1, -0.05) is 12.1 Å². The number of carbonyl (C=O) groups excluding carboxylic acids is 1. The van der Waals surface area contributed by atoms with E-state index in [2.05, 4.69) is 9.71 Å². The molecule has 1 N–H and O–H groups in total. The van der Waals surface area contributed by atoms with Crippen molar-refractivity contribution in [3.05, 3.63) is 59.7 Å². The highest BCUT2D eigenvalue weighted by molar-refractivity contribution is 7.89. The molecule has 0 spiro atoms. The molecule has 7 heteroatoms. The van der Waals surface area contributed by atoms with E-state index >= 15 is 0 Å². The lowest BCUT2D eigenvalue weighted by Gasteiger charge is -2.11. The van der Waals surface area contributed by atoms with Crippen LogP contribution in [0.3, 0.4) is 0 Å². The molecule has 0 saturated heterocycles. The lowest BCUT2D eigenvalue weighted by atomic mass is 10.2. The molecule has 0 amide bonds. The van der Waals surface area contributed by atoms with Crippen molar-refractivity contribution in [1.29, 1.82) is 0 Å². The monoisotopic (exact) mass is 361 g/mol. The van der Waals surface area contributed by atoms with Crippen LogP contribution in [0.15, 0.2) is 58.5 Å². The van der Waals surface area contributed by atoms with Gasteiger partial charge in [0.1, 0.15) is 5.49 Å². The van der Waals surface area contributed by atoms with E-state index in [4.69, 9.17) is 0 Å². The summed E-state index contributed by atoms with van der Waals surface area (Å²) < 4.78 is 28.6. The van der Waals surface area contributed by atoms with Gasteiger partial charge in [0.05, 0.1) is 4.90 Å². The van der Waals surface area contributed by atoms with Crippen molar-refractivity contribution in [2.45, 2.75) is 44.7 Å². The molecule has 0 atom stereocenters. The molecule has 1 heterocycles. The summed E-state index contributed by atoms with van der Waals surface area (Å²) in [7, 11) is -3.66. The summed E-state index contributed by atoms with van der Waals surface area (Å²) in [4.78, 5) is 17.3. The van der Waals surface area contributed by atoms with Gasteiger partial charge in [-0.05, 0) is 58.0 Å². The van der Waals surface area contributed by atoms with E-state index in [9.17, 15) is 13.2 Å². The fourth-order valence-electron chi connectivity index (χ4n) is 2.29. The average molecular weight is 361 g/mol. The number of aromatic nitrogens is 1. The van der Waals surface area contributed by atoms with Crippen molar-refractivity contribution in [3.8, 4) is 0 Å². The Kier molecular flexibility index (Phi) is 5.92. The van der Waals surface area contributed by atoms with Crippen LogP contribution in [0.1, 0.15) is 38.1 Å². The van der Waals surface area contributed by atoms with Gasteiger partial charge in [-0.2, -0.15) is 0 Å². The number of pyridine rings is 1. The molecule has 0 aliphatic carbocycles. The first-order valence-corrected chi connectivity index (χ1v) is 9.57. The van der Waals surface area contributed by atoms with Gasteiger partial charge in [-0.15, -0.1) is 0 Å². The average Bonchev–Trinajstić information content (AvgIpc) is 2.53. The van der Waals surface area contributed by atoms with Gasteiger partial charge in [-0.3, -0.25) is 14.4 Å². The largest absolute Gasteiger partial charge is 0.268 e. The van der Waals surface area contributed by atoms with Crippen molar-refractivity contribution in [3.63, 3.8) is 0 Å². The number of carbonyl (C=O) groups is 1. The van der Waals surface area contributed by atoms with E-state index in [1.54, 1.807) is 50.4 Å². The van der Waals surface area contributed by atoms with Crippen molar-refractivity contribution in [2.75, 3.05) is 0 Å². The summed E-state index contributed by atoms with van der Waals surface area (Å²) in [6, 6.07) is 11.1. The highest BCUT2D eigenvalue weighted by atomic mass is 32.2. The van der Waals surface area contributed by atoms with Crippen LogP contribution in [0.2, 0.25) is 0 Å². The van der Waals surface area contributed by atoms with Crippen LogP contribution in [-0.2, 0) is 10.0 Å². The Labute approximate surface area is 148 Å². The van der Waals surface area contributed by atoms with Crippen LogP contribution >= 0.6 is 0 Å². The molecular formula is C18H23N3O3S. The lowest BCUT2D eigenvalue weighted by Crippen LogP contribution is -2.31. The molecule has 6 nitrogen and oxygen atoms in total. The molecule has 0 radical (unpaired) electrons. The molecule has 2 rings (SSSR count). The Balaban J connectivity index is 2.48. The molecule has 0 aliphatic rings. The topological polar surface area (TPSA) is 80.5 Å². The number of sulfonamides is 1.